The van der Waals surface area contributed by atoms with Gasteiger partial charge in [0.2, 0.25) is 0 Å². The Bertz CT molecular complexity index is 416. The van der Waals surface area contributed by atoms with E-state index in [9.17, 15) is 4.79 Å². The minimum Gasteiger partial charge on any atom is -0.493 e. The minimum atomic E-state index is 0.0885. The van der Waals surface area contributed by atoms with Crippen LogP contribution in [0.1, 0.15) is 30.4 Å². The third kappa shape index (κ3) is 2.80. The van der Waals surface area contributed by atoms with Gasteiger partial charge in [0.25, 0.3) is 0 Å². The van der Waals surface area contributed by atoms with Crippen molar-refractivity contribution in [2.45, 2.75) is 26.2 Å². The highest BCUT2D eigenvalue weighted by atomic mass is 79.9. The summed E-state index contributed by atoms with van der Waals surface area (Å²) in [7, 11) is 3.22. The molecule has 0 aliphatic carbocycles. The molecular weight excluding hydrogens is 284 g/mol. The Morgan fingerprint density at radius 2 is 2.06 bits per heavy atom. The lowest BCUT2D eigenvalue weighted by molar-refractivity contribution is -0.108. The van der Waals surface area contributed by atoms with E-state index in [0.29, 0.717) is 17.9 Å². The summed E-state index contributed by atoms with van der Waals surface area (Å²) in [6, 6.07) is 1.92. The smallest absolute Gasteiger partial charge is 0.165 e. The summed E-state index contributed by atoms with van der Waals surface area (Å²) in [6.07, 6.45) is 1.38. The third-order valence-electron chi connectivity index (χ3n) is 2.77. The molecule has 1 aromatic rings. The van der Waals surface area contributed by atoms with E-state index < -0.39 is 0 Å². The Hall–Kier alpha value is -1.03. The van der Waals surface area contributed by atoms with Crippen molar-refractivity contribution >= 4 is 22.2 Å². The number of aldehydes is 1. The van der Waals surface area contributed by atoms with Crippen LogP contribution in [0.2, 0.25) is 0 Å². The second kappa shape index (κ2) is 6.05. The summed E-state index contributed by atoms with van der Waals surface area (Å²) >= 11 is 3.55. The molecule has 1 aromatic carbocycles. The molecule has 3 nitrogen and oxygen atoms in total. The van der Waals surface area contributed by atoms with Crippen molar-refractivity contribution in [1.82, 2.24) is 0 Å². The average Bonchev–Trinajstić information content (AvgIpc) is 2.31. The van der Waals surface area contributed by atoms with Crippen LogP contribution in [0.3, 0.4) is 0 Å². The zero-order chi connectivity index (χ0) is 13.0. The maximum absolute atomic E-state index is 10.7. The monoisotopic (exact) mass is 300 g/mol. The van der Waals surface area contributed by atoms with Crippen LogP contribution < -0.4 is 9.47 Å². The number of methoxy groups -OCH3 is 2. The van der Waals surface area contributed by atoms with Crippen molar-refractivity contribution in [2.75, 3.05) is 14.2 Å². The van der Waals surface area contributed by atoms with Crippen molar-refractivity contribution in [2.24, 2.45) is 0 Å². The lowest BCUT2D eigenvalue weighted by Gasteiger charge is -2.20. The summed E-state index contributed by atoms with van der Waals surface area (Å²) in [5, 5.41) is 0. The molecule has 0 amide bonds. The van der Waals surface area contributed by atoms with Crippen molar-refractivity contribution in [3.8, 4) is 11.5 Å². The number of rotatable bonds is 5. The SMILES string of the molecule is COc1cc(C)c(Br)c(C(C)CC=O)c1OC. The molecule has 94 valence electrons. The van der Waals surface area contributed by atoms with Gasteiger partial charge >= 0.3 is 0 Å². The second-order valence-electron chi connectivity index (χ2n) is 3.96. The van der Waals surface area contributed by atoms with E-state index in [-0.39, 0.29) is 5.92 Å². The molecule has 1 unspecified atom stereocenters. The number of ether oxygens (including phenoxy) is 2. The number of hydrogen-bond acceptors (Lipinski definition) is 3. The van der Waals surface area contributed by atoms with Gasteiger partial charge in [-0.15, -0.1) is 0 Å². The summed E-state index contributed by atoms with van der Waals surface area (Å²) in [6.45, 7) is 3.99. The van der Waals surface area contributed by atoms with Crippen molar-refractivity contribution < 1.29 is 14.3 Å². The molecule has 4 heteroatoms. The molecule has 0 aliphatic rings. The molecule has 0 saturated heterocycles. The molecule has 0 saturated carbocycles. The topological polar surface area (TPSA) is 35.5 Å². The fourth-order valence-electron chi connectivity index (χ4n) is 1.83. The highest BCUT2D eigenvalue weighted by molar-refractivity contribution is 9.10. The van der Waals surface area contributed by atoms with E-state index in [1.807, 2.05) is 19.9 Å². The Labute approximate surface area is 110 Å². The highest BCUT2D eigenvalue weighted by Gasteiger charge is 2.20. The van der Waals surface area contributed by atoms with Crippen LogP contribution in [0.15, 0.2) is 10.5 Å². The normalized spacial score (nSPS) is 12.1. The Balaban J connectivity index is 3.42. The zero-order valence-electron chi connectivity index (χ0n) is 10.5. The highest BCUT2D eigenvalue weighted by Crippen LogP contribution is 2.43. The molecule has 0 radical (unpaired) electrons. The number of carbonyl (C=O) groups excluding carboxylic acids is 1. The maximum atomic E-state index is 10.7. The molecule has 0 spiro atoms. The van der Waals surface area contributed by atoms with Crippen LogP contribution in [0.4, 0.5) is 0 Å². The van der Waals surface area contributed by atoms with Gasteiger partial charge < -0.3 is 14.3 Å². The first-order valence-electron chi connectivity index (χ1n) is 5.41. The van der Waals surface area contributed by atoms with E-state index in [4.69, 9.17) is 9.47 Å². The molecule has 0 aliphatic heterocycles. The van der Waals surface area contributed by atoms with Gasteiger partial charge in [-0.25, -0.2) is 0 Å². The summed E-state index contributed by atoms with van der Waals surface area (Å²) < 4.78 is 11.7. The van der Waals surface area contributed by atoms with Crippen LogP contribution in [-0.2, 0) is 4.79 Å². The van der Waals surface area contributed by atoms with Crippen LogP contribution >= 0.6 is 15.9 Å². The standard InChI is InChI=1S/C13H17BrO3/c1-8(5-6-15)11-12(14)9(2)7-10(16-3)13(11)17-4/h6-8H,5H2,1-4H3. The molecule has 0 aromatic heterocycles. The number of benzene rings is 1. The molecular formula is C13H17BrO3. The van der Waals surface area contributed by atoms with Gasteiger partial charge in [0.1, 0.15) is 6.29 Å². The predicted molar refractivity (Wildman–Crippen MR) is 71.1 cm³/mol. The van der Waals surface area contributed by atoms with Gasteiger partial charge in [-0.05, 0) is 24.5 Å². The Kier molecular flexibility index (Phi) is 5.00. The van der Waals surface area contributed by atoms with E-state index >= 15 is 0 Å². The van der Waals surface area contributed by atoms with E-state index in [0.717, 1.165) is 21.9 Å². The van der Waals surface area contributed by atoms with Gasteiger partial charge in [-0.2, -0.15) is 0 Å². The molecule has 0 N–H and O–H groups in total. The van der Waals surface area contributed by atoms with Crippen molar-refractivity contribution in [1.29, 1.82) is 0 Å². The number of aryl methyl sites for hydroxylation is 1. The van der Waals surface area contributed by atoms with Gasteiger partial charge in [0, 0.05) is 16.5 Å². The third-order valence-corrected chi connectivity index (χ3v) is 3.82. The summed E-state index contributed by atoms with van der Waals surface area (Å²) in [5.41, 5.74) is 2.05. The van der Waals surface area contributed by atoms with Crippen LogP contribution in [0.25, 0.3) is 0 Å². The van der Waals surface area contributed by atoms with E-state index in [1.54, 1.807) is 14.2 Å². The molecule has 0 heterocycles. The Morgan fingerprint density at radius 1 is 1.41 bits per heavy atom. The first-order valence-corrected chi connectivity index (χ1v) is 6.20. The van der Waals surface area contributed by atoms with Gasteiger partial charge in [0.05, 0.1) is 14.2 Å². The van der Waals surface area contributed by atoms with Gasteiger partial charge in [-0.1, -0.05) is 22.9 Å². The number of hydrogen-bond donors (Lipinski definition) is 0. The summed E-state index contributed by atoms with van der Waals surface area (Å²) in [5.74, 6) is 1.48. The molecule has 0 fully saturated rings. The zero-order valence-corrected chi connectivity index (χ0v) is 12.1. The number of carbonyl (C=O) groups is 1. The second-order valence-corrected chi connectivity index (χ2v) is 4.75. The minimum absolute atomic E-state index is 0.0885. The van der Waals surface area contributed by atoms with Crippen molar-refractivity contribution in [3.05, 3.63) is 21.7 Å². The fourth-order valence-corrected chi connectivity index (χ4v) is 2.52. The molecule has 1 atom stereocenters. The van der Waals surface area contributed by atoms with Crippen LogP contribution in [0.5, 0.6) is 11.5 Å². The first kappa shape index (κ1) is 14.0. The lowest BCUT2D eigenvalue weighted by Crippen LogP contribution is -2.03. The molecule has 0 bridgehead atoms. The van der Waals surface area contributed by atoms with E-state index in [2.05, 4.69) is 15.9 Å². The first-order chi connectivity index (χ1) is 8.06. The maximum Gasteiger partial charge on any atom is 0.165 e. The fraction of sp³-hybridized carbons (Fsp3) is 0.462. The van der Waals surface area contributed by atoms with Crippen LogP contribution in [0, 0.1) is 6.92 Å². The van der Waals surface area contributed by atoms with Crippen molar-refractivity contribution in [3.63, 3.8) is 0 Å². The largest absolute Gasteiger partial charge is 0.493 e. The summed E-state index contributed by atoms with van der Waals surface area (Å²) in [4.78, 5) is 10.7. The van der Waals surface area contributed by atoms with Gasteiger partial charge in [0.15, 0.2) is 11.5 Å². The molecule has 17 heavy (non-hydrogen) atoms. The number of halogens is 1. The van der Waals surface area contributed by atoms with Crippen LogP contribution in [-0.4, -0.2) is 20.5 Å². The average molecular weight is 301 g/mol. The van der Waals surface area contributed by atoms with E-state index in [1.165, 1.54) is 0 Å². The molecule has 1 rings (SSSR count). The predicted octanol–water partition coefficient (Wildman–Crippen LogP) is 3.47. The quantitative estimate of drug-likeness (QED) is 0.781. The Morgan fingerprint density at radius 3 is 2.53 bits per heavy atom. The lowest BCUT2D eigenvalue weighted by atomic mass is 9.95. The van der Waals surface area contributed by atoms with Gasteiger partial charge in [-0.3, -0.25) is 0 Å².